The van der Waals surface area contributed by atoms with Crippen LogP contribution in [-0.4, -0.2) is 25.3 Å². The van der Waals surface area contributed by atoms with Crippen LogP contribution in [0.25, 0.3) is 0 Å². The molecule has 19 heavy (non-hydrogen) atoms. The molecule has 1 spiro atoms. The van der Waals surface area contributed by atoms with E-state index < -0.39 is 0 Å². The average molecular weight is 265 g/mol. The molecule has 3 aliphatic rings. The van der Waals surface area contributed by atoms with Gasteiger partial charge in [-0.25, -0.2) is 0 Å². The summed E-state index contributed by atoms with van der Waals surface area (Å²) in [7, 11) is 2.19. The van der Waals surface area contributed by atoms with Gasteiger partial charge in [-0.2, -0.15) is 0 Å². The van der Waals surface area contributed by atoms with Crippen LogP contribution in [-0.2, 0) is 4.74 Å². The molecule has 4 atom stereocenters. The lowest BCUT2D eigenvalue weighted by atomic mass is 9.66. The minimum absolute atomic E-state index is 0.304. The Morgan fingerprint density at radius 1 is 1.11 bits per heavy atom. The lowest BCUT2D eigenvalue weighted by molar-refractivity contribution is -0.149. The largest absolute Gasteiger partial charge is 0.375 e. The maximum Gasteiger partial charge on any atom is 0.0685 e. The smallest absolute Gasteiger partial charge is 0.0685 e. The highest BCUT2D eigenvalue weighted by atomic mass is 16.5. The Hall–Kier alpha value is -0.0800. The molecule has 4 unspecified atom stereocenters. The fourth-order valence-corrected chi connectivity index (χ4v) is 4.96. The molecular weight excluding hydrogens is 234 g/mol. The van der Waals surface area contributed by atoms with Crippen molar-refractivity contribution in [2.45, 2.75) is 76.4 Å². The minimum Gasteiger partial charge on any atom is -0.375 e. The molecular formula is C17H31NO. The van der Waals surface area contributed by atoms with Crippen LogP contribution in [0.15, 0.2) is 0 Å². The molecule has 1 N–H and O–H groups in total. The van der Waals surface area contributed by atoms with E-state index in [0.29, 0.717) is 5.60 Å². The molecule has 2 heteroatoms. The van der Waals surface area contributed by atoms with Gasteiger partial charge in [0.05, 0.1) is 5.60 Å². The quantitative estimate of drug-likeness (QED) is 0.839. The van der Waals surface area contributed by atoms with Crippen LogP contribution in [0.2, 0.25) is 0 Å². The van der Waals surface area contributed by atoms with Gasteiger partial charge in [0.15, 0.2) is 0 Å². The number of hydrogen-bond donors (Lipinski definition) is 1. The first-order valence-corrected chi connectivity index (χ1v) is 8.54. The first-order chi connectivity index (χ1) is 9.22. The van der Waals surface area contributed by atoms with Gasteiger partial charge < -0.3 is 10.1 Å². The zero-order valence-corrected chi connectivity index (χ0v) is 12.8. The molecule has 0 aromatic carbocycles. The third-order valence-corrected chi connectivity index (χ3v) is 6.12. The highest BCUT2D eigenvalue weighted by molar-refractivity contribution is 4.98. The Morgan fingerprint density at radius 3 is 2.58 bits per heavy atom. The van der Waals surface area contributed by atoms with Gasteiger partial charge in [0.25, 0.3) is 0 Å². The molecule has 1 heterocycles. The van der Waals surface area contributed by atoms with Gasteiger partial charge in [-0.15, -0.1) is 0 Å². The summed E-state index contributed by atoms with van der Waals surface area (Å²) in [5, 5.41) is 3.69. The van der Waals surface area contributed by atoms with Crippen molar-refractivity contribution in [3.8, 4) is 0 Å². The second-order valence-electron chi connectivity index (χ2n) is 7.48. The van der Waals surface area contributed by atoms with Crippen LogP contribution in [0.4, 0.5) is 0 Å². The number of hydrogen-bond acceptors (Lipinski definition) is 2. The van der Waals surface area contributed by atoms with Crippen LogP contribution in [0, 0.1) is 17.8 Å². The summed E-state index contributed by atoms with van der Waals surface area (Å²) in [6, 6.07) is 0.740. The Kier molecular flexibility index (Phi) is 4.19. The molecule has 0 amide bonds. The summed E-state index contributed by atoms with van der Waals surface area (Å²) >= 11 is 0. The van der Waals surface area contributed by atoms with Crippen molar-refractivity contribution in [3.05, 3.63) is 0 Å². The molecule has 2 aliphatic carbocycles. The van der Waals surface area contributed by atoms with Crippen molar-refractivity contribution in [1.82, 2.24) is 5.32 Å². The van der Waals surface area contributed by atoms with Crippen molar-refractivity contribution >= 4 is 0 Å². The van der Waals surface area contributed by atoms with E-state index in [2.05, 4.69) is 19.3 Å². The Labute approximate surface area is 118 Å². The monoisotopic (exact) mass is 265 g/mol. The SMILES string of the molecule is CNC(C1CCCC(C)C1)C1CCOC2(CCC2)C1. The topological polar surface area (TPSA) is 21.3 Å². The lowest BCUT2D eigenvalue weighted by Crippen LogP contribution is -2.52. The zero-order chi connectivity index (χ0) is 13.3. The predicted molar refractivity (Wildman–Crippen MR) is 79.2 cm³/mol. The summed E-state index contributed by atoms with van der Waals surface area (Å²) in [5.41, 5.74) is 0.304. The molecule has 110 valence electrons. The standard InChI is InChI=1S/C17H31NO/c1-13-5-3-6-14(11-13)16(18-2)15-7-10-19-17(12-15)8-4-9-17/h13-16,18H,3-12H2,1-2H3. The van der Waals surface area contributed by atoms with Gasteiger partial charge in [-0.05, 0) is 69.7 Å². The van der Waals surface area contributed by atoms with Crippen LogP contribution >= 0.6 is 0 Å². The molecule has 0 aromatic heterocycles. The van der Waals surface area contributed by atoms with E-state index in [1.807, 2.05) is 0 Å². The minimum atomic E-state index is 0.304. The molecule has 0 aromatic rings. The van der Waals surface area contributed by atoms with Crippen molar-refractivity contribution in [3.63, 3.8) is 0 Å². The zero-order valence-electron chi connectivity index (χ0n) is 12.8. The summed E-state index contributed by atoms with van der Waals surface area (Å²) in [5.74, 6) is 2.70. The summed E-state index contributed by atoms with van der Waals surface area (Å²) < 4.78 is 6.11. The molecule has 0 radical (unpaired) electrons. The van der Waals surface area contributed by atoms with Crippen LogP contribution < -0.4 is 5.32 Å². The summed E-state index contributed by atoms with van der Waals surface area (Å²) in [6.07, 6.45) is 12.4. The average Bonchev–Trinajstić information content (AvgIpc) is 2.38. The fourth-order valence-electron chi connectivity index (χ4n) is 4.96. The van der Waals surface area contributed by atoms with Crippen molar-refractivity contribution < 1.29 is 4.74 Å². The molecule has 3 rings (SSSR count). The third kappa shape index (κ3) is 2.85. The molecule has 1 aliphatic heterocycles. The van der Waals surface area contributed by atoms with Crippen molar-refractivity contribution in [2.75, 3.05) is 13.7 Å². The van der Waals surface area contributed by atoms with E-state index in [9.17, 15) is 0 Å². The number of rotatable bonds is 3. The van der Waals surface area contributed by atoms with E-state index >= 15 is 0 Å². The van der Waals surface area contributed by atoms with Crippen LogP contribution in [0.3, 0.4) is 0 Å². The van der Waals surface area contributed by atoms with Gasteiger partial charge in [0.1, 0.15) is 0 Å². The highest BCUT2D eigenvalue weighted by Crippen LogP contribution is 2.46. The van der Waals surface area contributed by atoms with Crippen LogP contribution in [0.5, 0.6) is 0 Å². The predicted octanol–water partition coefficient (Wildman–Crippen LogP) is 3.75. The number of ether oxygens (including phenoxy) is 1. The normalized spacial score (nSPS) is 39.8. The molecule has 3 fully saturated rings. The lowest BCUT2D eigenvalue weighted by Gasteiger charge is -2.50. The van der Waals surface area contributed by atoms with Gasteiger partial charge in [0.2, 0.25) is 0 Å². The summed E-state index contributed by atoms with van der Waals surface area (Å²) in [4.78, 5) is 0. The second kappa shape index (κ2) is 5.73. The fraction of sp³-hybridized carbons (Fsp3) is 1.00. The molecule has 2 saturated carbocycles. The number of nitrogens with one attached hydrogen (secondary N) is 1. The third-order valence-electron chi connectivity index (χ3n) is 6.12. The van der Waals surface area contributed by atoms with E-state index in [1.165, 1.54) is 57.8 Å². The highest BCUT2D eigenvalue weighted by Gasteiger charge is 2.45. The molecule has 2 nitrogen and oxygen atoms in total. The summed E-state index contributed by atoms with van der Waals surface area (Å²) in [6.45, 7) is 3.45. The first kappa shape index (κ1) is 13.9. The Morgan fingerprint density at radius 2 is 1.95 bits per heavy atom. The van der Waals surface area contributed by atoms with Crippen molar-refractivity contribution in [2.24, 2.45) is 17.8 Å². The van der Waals surface area contributed by atoms with Gasteiger partial charge in [0, 0.05) is 12.6 Å². The van der Waals surface area contributed by atoms with Gasteiger partial charge in [-0.1, -0.05) is 19.8 Å². The van der Waals surface area contributed by atoms with Gasteiger partial charge >= 0.3 is 0 Å². The molecule has 1 saturated heterocycles. The van der Waals surface area contributed by atoms with E-state index in [0.717, 1.165) is 30.4 Å². The Bertz CT molecular complexity index is 300. The maximum absolute atomic E-state index is 6.11. The van der Waals surface area contributed by atoms with Crippen molar-refractivity contribution in [1.29, 1.82) is 0 Å². The van der Waals surface area contributed by atoms with E-state index in [-0.39, 0.29) is 0 Å². The second-order valence-corrected chi connectivity index (χ2v) is 7.48. The van der Waals surface area contributed by atoms with Gasteiger partial charge in [-0.3, -0.25) is 0 Å². The van der Waals surface area contributed by atoms with E-state index in [1.54, 1.807) is 0 Å². The Balaban J connectivity index is 1.64. The van der Waals surface area contributed by atoms with E-state index in [4.69, 9.17) is 4.74 Å². The molecule has 0 bridgehead atoms. The van der Waals surface area contributed by atoms with Crippen LogP contribution in [0.1, 0.15) is 64.7 Å². The first-order valence-electron chi connectivity index (χ1n) is 8.54. The maximum atomic E-state index is 6.11.